The van der Waals surface area contributed by atoms with Gasteiger partial charge in [-0.2, -0.15) is 18.4 Å². The van der Waals surface area contributed by atoms with Gasteiger partial charge in [0.1, 0.15) is 12.1 Å². The molecule has 0 aromatic heterocycles. The number of amides is 1. The highest BCUT2D eigenvalue weighted by atomic mass is 19.4. The molecule has 0 fully saturated rings. The van der Waals surface area contributed by atoms with Gasteiger partial charge >= 0.3 is 6.18 Å². The van der Waals surface area contributed by atoms with E-state index in [2.05, 4.69) is 10.6 Å². The van der Waals surface area contributed by atoms with E-state index in [1.54, 1.807) is 6.07 Å². The lowest BCUT2D eigenvalue weighted by Gasteiger charge is -2.16. The lowest BCUT2D eigenvalue weighted by Crippen LogP contribution is -2.35. The molecule has 0 heterocycles. The third-order valence-electron chi connectivity index (χ3n) is 2.48. The largest absolute Gasteiger partial charge is 0.416 e. The number of hydrogen-bond donors (Lipinski definition) is 2. The summed E-state index contributed by atoms with van der Waals surface area (Å²) in [7, 11) is 1.44. The topological polar surface area (TPSA) is 64.9 Å². The number of carbonyl (C=O) groups excluding carboxylic acids is 1. The highest BCUT2D eigenvalue weighted by molar-refractivity contribution is 5.84. The maximum Gasteiger partial charge on any atom is 0.416 e. The summed E-state index contributed by atoms with van der Waals surface area (Å²) in [6, 6.07) is 3.77. The monoisotopic (exact) mass is 271 g/mol. The van der Waals surface area contributed by atoms with E-state index in [1.165, 1.54) is 14.0 Å². The number of nitriles is 1. The highest BCUT2D eigenvalue weighted by Gasteiger charge is 2.31. The van der Waals surface area contributed by atoms with E-state index < -0.39 is 17.8 Å². The standard InChI is InChI=1S/C12H12F3N3O/c1-7(11(19)17-2)18-10-4-3-9(12(13,14)15)5-8(10)6-16/h3-5,7,18H,1-2H3,(H,17,19). The molecule has 0 radical (unpaired) electrons. The van der Waals surface area contributed by atoms with Crippen LogP contribution < -0.4 is 10.6 Å². The molecule has 0 saturated carbocycles. The van der Waals surface area contributed by atoms with E-state index in [0.717, 1.165) is 18.2 Å². The molecule has 19 heavy (non-hydrogen) atoms. The molecule has 0 aliphatic heterocycles. The van der Waals surface area contributed by atoms with E-state index in [-0.39, 0.29) is 17.2 Å². The second kappa shape index (κ2) is 5.61. The second-order valence-electron chi connectivity index (χ2n) is 3.85. The van der Waals surface area contributed by atoms with Crippen LogP contribution in [0.4, 0.5) is 18.9 Å². The van der Waals surface area contributed by atoms with Gasteiger partial charge in [-0.1, -0.05) is 0 Å². The quantitative estimate of drug-likeness (QED) is 0.885. The number of nitrogens with one attached hydrogen (secondary N) is 2. The van der Waals surface area contributed by atoms with Gasteiger partial charge in [0.25, 0.3) is 0 Å². The smallest absolute Gasteiger partial charge is 0.373 e. The van der Waals surface area contributed by atoms with E-state index in [1.807, 2.05) is 0 Å². The van der Waals surface area contributed by atoms with Gasteiger partial charge in [-0.05, 0) is 25.1 Å². The van der Waals surface area contributed by atoms with E-state index in [0.29, 0.717) is 0 Å². The molecule has 0 aliphatic carbocycles. The van der Waals surface area contributed by atoms with Gasteiger partial charge < -0.3 is 10.6 Å². The third kappa shape index (κ3) is 3.61. The van der Waals surface area contributed by atoms with Crippen molar-refractivity contribution in [3.63, 3.8) is 0 Å². The molecule has 102 valence electrons. The summed E-state index contributed by atoms with van der Waals surface area (Å²) in [5, 5.41) is 13.9. The molecule has 0 saturated heterocycles. The number of alkyl halides is 3. The van der Waals surface area contributed by atoms with Crippen molar-refractivity contribution in [2.45, 2.75) is 19.1 Å². The van der Waals surface area contributed by atoms with Crippen LogP contribution >= 0.6 is 0 Å². The molecular formula is C12H12F3N3O. The number of carbonyl (C=O) groups is 1. The maximum absolute atomic E-state index is 12.5. The lowest BCUT2D eigenvalue weighted by molar-refractivity contribution is -0.137. The minimum absolute atomic E-state index is 0.162. The van der Waals surface area contributed by atoms with Crippen LogP contribution in [0.25, 0.3) is 0 Å². The van der Waals surface area contributed by atoms with Crippen molar-refractivity contribution in [3.05, 3.63) is 29.3 Å². The summed E-state index contributed by atoms with van der Waals surface area (Å²) in [5.74, 6) is -0.330. The van der Waals surface area contributed by atoms with Gasteiger partial charge in [-0.25, -0.2) is 0 Å². The zero-order valence-electron chi connectivity index (χ0n) is 10.3. The molecule has 1 amide bonds. The SMILES string of the molecule is CNC(=O)C(C)Nc1ccc(C(F)(F)F)cc1C#N. The van der Waals surface area contributed by atoms with Crippen LogP contribution in [0, 0.1) is 11.3 Å². The average Bonchev–Trinajstić information content (AvgIpc) is 2.36. The van der Waals surface area contributed by atoms with Crippen LogP contribution in [-0.4, -0.2) is 19.0 Å². The fourth-order valence-electron chi connectivity index (χ4n) is 1.45. The van der Waals surface area contributed by atoms with E-state index >= 15 is 0 Å². The average molecular weight is 271 g/mol. The zero-order chi connectivity index (χ0) is 14.6. The predicted molar refractivity (Wildman–Crippen MR) is 63.3 cm³/mol. The first-order valence-electron chi connectivity index (χ1n) is 5.39. The Morgan fingerprint density at radius 1 is 1.42 bits per heavy atom. The molecular weight excluding hydrogens is 259 g/mol. The molecule has 0 bridgehead atoms. The Balaban J connectivity index is 3.05. The Labute approximate surface area is 108 Å². The summed E-state index contributed by atoms with van der Waals surface area (Å²) in [6.45, 7) is 1.54. The number of rotatable bonds is 3. The first-order valence-corrected chi connectivity index (χ1v) is 5.39. The number of likely N-dealkylation sites (N-methyl/N-ethyl adjacent to an activating group) is 1. The van der Waals surface area contributed by atoms with Crippen LogP contribution in [0.5, 0.6) is 0 Å². The molecule has 1 atom stereocenters. The fourth-order valence-corrected chi connectivity index (χ4v) is 1.45. The van der Waals surface area contributed by atoms with Crippen LogP contribution in [0.1, 0.15) is 18.1 Å². The Kier molecular flexibility index (Phi) is 4.38. The van der Waals surface area contributed by atoms with Crippen LogP contribution in [-0.2, 0) is 11.0 Å². The second-order valence-corrected chi connectivity index (χ2v) is 3.85. The molecule has 2 N–H and O–H groups in total. The summed E-state index contributed by atoms with van der Waals surface area (Å²) in [6.07, 6.45) is -4.50. The molecule has 7 heteroatoms. The fraction of sp³-hybridized carbons (Fsp3) is 0.333. The summed E-state index contributed by atoms with van der Waals surface area (Å²) in [5.41, 5.74) is -0.876. The van der Waals surface area contributed by atoms with Crippen molar-refractivity contribution in [1.82, 2.24) is 5.32 Å². The summed E-state index contributed by atoms with van der Waals surface area (Å²) < 4.78 is 37.5. The molecule has 1 unspecified atom stereocenters. The van der Waals surface area contributed by atoms with Crippen molar-refractivity contribution in [2.75, 3.05) is 12.4 Å². The summed E-state index contributed by atoms with van der Waals surface area (Å²) >= 11 is 0. The molecule has 1 aromatic rings. The van der Waals surface area contributed by atoms with Gasteiger partial charge in [-0.15, -0.1) is 0 Å². The maximum atomic E-state index is 12.5. The van der Waals surface area contributed by atoms with Crippen LogP contribution in [0.15, 0.2) is 18.2 Å². The van der Waals surface area contributed by atoms with Crippen molar-refractivity contribution < 1.29 is 18.0 Å². The summed E-state index contributed by atoms with van der Waals surface area (Å²) in [4.78, 5) is 11.3. The Hall–Kier alpha value is -2.23. The van der Waals surface area contributed by atoms with Crippen molar-refractivity contribution >= 4 is 11.6 Å². The van der Waals surface area contributed by atoms with E-state index in [4.69, 9.17) is 5.26 Å². The Morgan fingerprint density at radius 2 is 2.05 bits per heavy atom. The predicted octanol–water partition coefficient (Wildman–Crippen LogP) is 2.12. The molecule has 0 spiro atoms. The number of halogens is 3. The normalized spacial score (nSPS) is 12.4. The Bertz CT molecular complexity index is 520. The van der Waals surface area contributed by atoms with Crippen molar-refractivity contribution in [1.29, 1.82) is 5.26 Å². The van der Waals surface area contributed by atoms with Gasteiger partial charge in [0.2, 0.25) is 5.91 Å². The molecule has 1 aromatic carbocycles. The van der Waals surface area contributed by atoms with Gasteiger partial charge in [0.15, 0.2) is 0 Å². The Morgan fingerprint density at radius 3 is 2.53 bits per heavy atom. The molecule has 4 nitrogen and oxygen atoms in total. The third-order valence-corrected chi connectivity index (χ3v) is 2.48. The highest BCUT2D eigenvalue weighted by Crippen LogP contribution is 2.31. The number of nitrogens with zero attached hydrogens (tertiary/aromatic N) is 1. The van der Waals surface area contributed by atoms with E-state index in [9.17, 15) is 18.0 Å². The molecule has 1 rings (SSSR count). The van der Waals surface area contributed by atoms with Crippen LogP contribution in [0.2, 0.25) is 0 Å². The lowest BCUT2D eigenvalue weighted by atomic mass is 10.1. The minimum Gasteiger partial charge on any atom is -0.373 e. The molecule has 0 aliphatic rings. The van der Waals surface area contributed by atoms with Gasteiger partial charge in [0.05, 0.1) is 16.8 Å². The van der Waals surface area contributed by atoms with Crippen LogP contribution in [0.3, 0.4) is 0 Å². The first-order chi connectivity index (χ1) is 8.79. The number of hydrogen-bond acceptors (Lipinski definition) is 3. The number of anilines is 1. The first kappa shape index (κ1) is 14.8. The number of benzene rings is 1. The van der Waals surface area contributed by atoms with Crippen molar-refractivity contribution in [3.8, 4) is 6.07 Å². The van der Waals surface area contributed by atoms with Gasteiger partial charge in [0, 0.05) is 7.05 Å². The minimum atomic E-state index is -4.50. The van der Waals surface area contributed by atoms with Gasteiger partial charge in [-0.3, -0.25) is 4.79 Å². The zero-order valence-corrected chi connectivity index (χ0v) is 10.3. The van der Waals surface area contributed by atoms with Crippen molar-refractivity contribution in [2.24, 2.45) is 0 Å².